The minimum absolute atomic E-state index is 0.112. The highest BCUT2D eigenvalue weighted by Crippen LogP contribution is 2.25. The monoisotopic (exact) mass is 304 g/mol. The quantitative estimate of drug-likeness (QED) is 0.791. The van der Waals surface area contributed by atoms with Crippen LogP contribution < -0.4 is 10.6 Å². The smallest absolute Gasteiger partial charge is 0.335 e. The van der Waals surface area contributed by atoms with Gasteiger partial charge in [-0.05, 0) is 36.1 Å². The zero-order valence-electron chi connectivity index (χ0n) is 11.8. The van der Waals surface area contributed by atoms with Crippen LogP contribution in [0.1, 0.15) is 27.7 Å². The van der Waals surface area contributed by atoms with Gasteiger partial charge < -0.3 is 15.7 Å². The van der Waals surface area contributed by atoms with Crippen LogP contribution in [0.5, 0.6) is 0 Å². The molecular weight excluding hydrogens is 288 g/mol. The van der Waals surface area contributed by atoms with Gasteiger partial charge in [-0.1, -0.05) is 6.07 Å². The van der Waals surface area contributed by atoms with E-state index in [2.05, 4.69) is 10.6 Å². The molecule has 0 spiro atoms. The molecular formula is C15H16N2O3S. The molecule has 0 aliphatic heterocycles. The Morgan fingerprint density at radius 3 is 2.67 bits per heavy atom. The predicted octanol–water partition coefficient (Wildman–Crippen LogP) is 3.33. The van der Waals surface area contributed by atoms with Crippen molar-refractivity contribution in [3.8, 4) is 0 Å². The number of carbonyl (C=O) groups is 2. The van der Waals surface area contributed by atoms with Crippen molar-refractivity contribution in [2.24, 2.45) is 0 Å². The van der Waals surface area contributed by atoms with Crippen LogP contribution in [-0.2, 0) is 11.3 Å². The van der Waals surface area contributed by atoms with Gasteiger partial charge in [-0.2, -0.15) is 0 Å². The number of aryl methyl sites for hydroxylation is 1. The van der Waals surface area contributed by atoms with Gasteiger partial charge in [0.15, 0.2) is 0 Å². The Morgan fingerprint density at radius 2 is 2.00 bits per heavy atom. The molecule has 3 N–H and O–H groups in total. The second-order valence-electron chi connectivity index (χ2n) is 4.63. The molecule has 0 fully saturated rings. The number of carboxylic acids is 1. The number of carboxylic acid groups (broad SMARTS) is 1. The van der Waals surface area contributed by atoms with Crippen molar-refractivity contribution < 1.29 is 14.7 Å². The maximum atomic E-state index is 11.1. The fourth-order valence-electron chi connectivity index (χ4n) is 1.90. The van der Waals surface area contributed by atoms with Crippen LogP contribution in [0.2, 0.25) is 0 Å². The number of benzene rings is 1. The Labute approximate surface area is 126 Å². The van der Waals surface area contributed by atoms with Crippen LogP contribution in [0.3, 0.4) is 0 Å². The lowest BCUT2D eigenvalue weighted by atomic mass is 10.1. The van der Waals surface area contributed by atoms with E-state index in [4.69, 9.17) is 5.11 Å². The van der Waals surface area contributed by atoms with Gasteiger partial charge in [0.2, 0.25) is 5.91 Å². The number of carbonyl (C=O) groups excluding carboxylic acids is 1. The summed E-state index contributed by atoms with van der Waals surface area (Å²) in [7, 11) is 0. The van der Waals surface area contributed by atoms with E-state index < -0.39 is 5.97 Å². The van der Waals surface area contributed by atoms with Gasteiger partial charge in [0.05, 0.1) is 17.8 Å². The van der Waals surface area contributed by atoms with Crippen molar-refractivity contribution in [2.75, 3.05) is 10.6 Å². The fourth-order valence-corrected chi connectivity index (χ4v) is 2.67. The molecule has 0 atom stereocenters. The van der Waals surface area contributed by atoms with Gasteiger partial charge in [0.1, 0.15) is 0 Å². The van der Waals surface area contributed by atoms with Crippen molar-refractivity contribution in [3.05, 3.63) is 45.6 Å². The van der Waals surface area contributed by atoms with E-state index in [1.54, 1.807) is 18.2 Å². The number of hydrogen-bond donors (Lipinski definition) is 3. The van der Waals surface area contributed by atoms with Crippen LogP contribution in [0.15, 0.2) is 29.6 Å². The Morgan fingerprint density at radius 1 is 1.24 bits per heavy atom. The molecule has 0 radical (unpaired) electrons. The maximum Gasteiger partial charge on any atom is 0.335 e. The third-order valence-corrected chi connectivity index (χ3v) is 3.90. The summed E-state index contributed by atoms with van der Waals surface area (Å²) >= 11 is 1.53. The number of thiophene rings is 1. The second kappa shape index (κ2) is 6.41. The molecule has 0 aliphatic rings. The Kier molecular flexibility index (Phi) is 4.59. The zero-order valence-corrected chi connectivity index (χ0v) is 12.6. The third-order valence-electron chi connectivity index (χ3n) is 2.98. The van der Waals surface area contributed by atoms with Gasteiger partial charge in [-0.15, -0.1) is 11.3 Å². The molecule has 1 heterocycles. The minimum Gasteiger partial charge on any atom is -0.478 e. The summed E-state index contributed by atoms with van der Waals surface area (Å²) in [5.74, 6) is -1.06. The SMILES string of the molecule is CC(=O)Nc1ccsc1CNc1cc(C(=O)O)ccc1C. The first-order chi connectivity index (χ1) is 9.97. The summed E-state index contributed by atoms with van der Waals surface area (Å²) in [4.78, 5) is 23.1. The number of aromatic carboxylic acids is 1. The van der Waals surface area contributed by atoms with Crippen molar-refractivity contribution in [1.29, 1.82) is 0 Å². The van der Waals surface area contributed by atoms with Gasteiger partial charge in [-0.25, -0.2) is 4.79 Å². The first-order valence-electron chi connectivity index (χ1n) is 6.39. The van der Waals surface area contributed by atoms with E-state index in [9.17, 15) is 9.59 Å². The summed E-state index contributed by atoms with van der Waals surface area (Å²) in [6.07, 6.45) is 0. The van der Waals surface area contributed by atoms with Crippen molar-refractivity contribution >= 4 is 34.6 Å². The lowest BCUT2D eigenvalue weighted by molar-refractivity contribution is -0.114. The molecule has 6 heteroatoms. The summed E-state index contributed by atoms with van der Waals surface area (Å²) in [5.41, 5.74) is 2.78. The van der Waals surface area contributed by atoms with E-state index in [-0.39, 0.29) is 11.5 Å². The lowest BCUT2D eigenvalue weighted by Crippen LogP contribution is -2.08. The van der Waals surface area contributed by atoms with Crippen molar-refractivity contribution in [1.82, 2.24) is 0 Å². The molecule has 110 valence electrons. The highest BCUT2D eigenvalue weighted by molar-refractivity contribution is 7.10. The van der Waals surface area contributed by atoms with Crippen LogP contribution in [-0.4, -0.2) is 17.0 Å². The van der Waals surface area contributed by atoms with Gasteiger partial charge in [0.25, 0.3) is 0 Å². The van der Waals surface area contributed by atoms with Crippen LogP contribution in [0, 0.1) is 6.92 Å². The first kappa shape index (κ1) is 15.1. The molecule has 5 nitrogen and oxygen atoms in total. The second-order valence-corrected chi connectivity index (χ2v) is 5.63. The minimum atomic E-state index is -0.951. The Bertz CT molecular complexity index is 679. The van der Waals surface area contributed by atoms with Gasteiger partial charge in [-0.3, -0.25) is 4.79 Å². The maximum absolute atomic E-state index is 11.1. The van der Waals surface area contributed by atoms with E-state index in [0.717, 1.165) is 21.8 Å². The molecule has 2 rings (SSSR count). The molecule has 1 aromatic carbocycles. The van der Waals surface area contributed by atoms with Crippen LogP contribution in [0.4, 0.5) is 11.4 Å². The molecule has 21 heavy (non-hydrogen) atoms. The van der Waals surface area contributed by atoms with E-state index in [1.807, 2.05) is 18.4 Å². The zero-order chi connectivity index (χ0) is 15.4. The molecule has 0 unspecified atom stereocenters. The Balaban J connectivity index is 2.13. The average Bonchev–Trinajstić information content (AvgIpc) is 2.84. The average molecular weight is 304 g/mol. The number of hydrogen-bond acceptors (Lipinski definition) is 4. The molecule has 0 saturated heterocycles. The lowest BCUT2D eigenvalue weighted by Gasteiger charge is -2.11. The van der Waals surface area contributed by atoms with Gasteiger partial charge in [0, 0.05) is 17.5 Å². The molecule has 0 saturated carbocycles. The number of rotatable bonds is 5. The Hall–Kier alpha value is -2.34. The highest BCUT2D eigenvalue weighted by atomic mass is 32.1. The summed E-state index contributed by atoms with van der Waals surface area (Å²) in [5, 5.41) is 16.9. The first-order valence-corrected chi connectivity index (χ1v) is 7.27. The topological polar surface area (TPSA) is 78.4 Å². The standard InChI is InChI=1S/C15H16N2O3S/c1-9-3-4-11(15(19)20)7-13(9)16-8-14-12(5-6-21-14)17-10(2)18/h3-7,16H,8H2,1-2H3,(H,17,18)(H,19,20). The molecule has 1 amide bonds. The normalized spacial score (nSPS) is 10.2. The summed E-state index contributed by atoms with van der Waals surface area (Å²) in [6.45, 7) is 3.91. The molecule has 1 aromatic heterocycles. The van der Waals surface area contributed by atoms with Crippen molar-refractivity contribution in [3.63, 3.8) is 0 Å². The summed E-state index contributed by atoms with van der Waals surface area (Å²) in [6, 6.07) is 6.82. The predicted molar refractivity (Wildman–Crippen MR) is 84.1 cm³/mol. The number of nitrogens with one attached hydrogen (secondary N) is 2. The van der Waals surface area contributed by atoms with Crippen LogP contribution >= 0.6 is 11.3 Å². The number of amides is 1. The highest BCUT2D eigenvalue weighted by Gasteiger charge is 2.09. The third kappa shape index (κ3) is 3.82. The molecule has 2 aromatic rings. The molecule has 0 bridgehead atoms. The summed E-state index contributed by atoms with van der Waals surface area (Å²) < 4.78 is 0. The fraction of sp³-hybridized carbons (Fsp3) is 0.200. The van der Waals surface area contributed by atoms with Gasteiger partial charge >= 0.3 is 5.97 Å². The van der Waals surface area contributed by atoms with E-state index in [0.29, 0.717) is 6.54 Å². The van der Waals surface area contributed by atoms with Crippen LogP contribution in [0.25, 0.3) is 0 Å². The number of anilines is 2. The van der Waals surface area contributed by atoms with E-state index >= 15 is 0 Å². The van der Waals surface area contributed by atoms with Crippen molar-refractivity contribution in [2.45, 2.75) is 20.4 Å². The van der Waals surface area contributed by atoms with E-state index in [1.165, 1.54) is 18.3 Å². The molecule has 0 aliphatic carbocycles. The largest absolute Gasteiger partial charge is 0.478 e.